The van der Waals surface area contributed by atoms with Crippen LogP contribution in [0, 0.1) is 5.41 Å². The van der Waals surface area contributed by atoms with E-state index in [-0.39, 0.29) is 5.41 Å². The zero-order valence-electron chi connectivity index (χ0n) is 10.5. The second kappa shape index (κ2) is 4.49. The molecular formula is C12H16N4S. The smallest absolute Gasteiger partial charge is 0.167 e. The maximum atomic E-state index is 4.26. The molecule has 1 unspecified atom stereocenters. The van der Waals surface area contributed by atoms with Crippen LogP contribution in [0.15, 0.2) is 18.6 Å². The standard InChI is InChI=1S/C12H16N4S/c1-8(12(2,3)4)10-15-16-11(17-10)9-7-13-5-6-14-9/h5-8H,1-4H3. The molecule has 5 heteroatoms. The van der Waals surface area contributed by atoms with E-state index in [1.807, 2.05) is 0 Å². The third-order valence-corrected chi connectivity index (χ3v) is 4.02. The molecule has 17 heavy (non-hydrogen) atoms. The largest absolute Gasteiger partial charge is 0.261 e. The summed E-state index contributed by atoms with van der Waals surface area (Å²) in [6, 6.07) is 0. The Balaban J connectivity index is 2.28. The summed E-state index contributed by atoms with van der Waals surface area (Å²) in [5, 5.41) is 10.3. The van der Waals surface area contributed by atoms with E-state index in [0.29, 0.717) is 5.92 Å². The topological polar surface area (TPSA) is 51.6 Å². The van der Waals surface area contributed by atoms with Gasteiger partial charge in [-0.1, -0.05) is 39.0 Å². The van der Waals surface area contributed by atoms with Crippen molar-refractivity contribution in [2.45, 2.75) is 33.6 Å². The molecule has 0 saturated carbocycles. The average Bonchev–Trinajstić information content (AvgIpc) is 2.77. The van der Waals surface area contributed by atoms with E-state index in [1.165, 1.54) is 0 Å². The number of rotatable bonds is 2. The van der Waals surface area contributed by atoms with Crippen molar-refractivity contribution in [3.63, 3.8) is 0 Å². The van der Waals surface area contributed by atoms with Crippen LogP contribution in [0.3, 0.4) is 0 Å². The van der Waals surface area contributed by atoms with Crippen molar-refractivity contribution >= 4 is 11.3 Å². The number of hydrogen-bond acceptors (Lipinski definition) is 5. The molecule has 4 nitrogen and oxygen atoms in total. The van der Waals surface area contributed by atoms with Gasteiger partial charge in [-0.15, -0.1) is 10.2 Å². The summed E-state index contributed by atoms with van der Waals surface area (Å²) in [6.07, 6.45) is 5.04. The van der Waals surface area contributed by atoms with Gasteiger partial charge in [-0.25, -0.2) is 0 Å². The second-order valence-electron chi connectivity index (χ2n) is 5.12. The van der Waals surface area contributed by atoms with Gasteiger partial charge in [-0.3, -0.25) is 9.97 Å². The monoisotopic (exact) mass is 248 g/mol. The minimum absolute atomic E-state index is 0.194. The SMILES string of the molecule is CC(c1nnc(-c2cnccn2)s1)C(C)(C)C. The zero-order chi connectivity index (χ0) is 12.5. The number of hydrogen-bond donors (Lipinski definition) is 0. The Hall–Kier alpha value is -1.36. The van der Waals surface area contributed by atoms with Crippen LogP contribution >= 0.6 is 11.3 Å². The molecule has 0 spiro atoms. The lowest BCUT2D eigenvalue weighted by Gasteiger charge is -2.24. The summed E-state index contributed by atoms with van der Waals surface area (Å²) in [5.74, 6) is 0.380. The van der Waals surface area contributed by atoms with Gasteiger partial charge in [-0.05, 0) is 5.41 Å². The molecule has 0 bridgehead atoms. The molecule has 1 atom stereocenters. The normalized spacial score (nSPS) is 13.6. The van der Waals surface area contributed by atoms with E-state index >= 15 is 0 Å². The molecule has 2 rings (SSSR count). The highest BCUT2D eigenvalue weighted by Gasteiger charge is 2.25. The fourth-order valence-corrected chi connectivity index (χ4v) is 2.39. The van der Waals surface area contributed by atoms with E-state index in [4.69, 9.17) is 0 Å². The summed E-state index contributed by atoms with van der Waals surface area (Å²) in [7, 11) is 0. The Morgan fingerprint density at radius 1 is 1.18 bits per heavy atom. The van der Waals surface area contributed by atoms with Gasteiger partial charge in [0, 0.05) is 18.3 Å². The van der Waals surface area contributed by atoms with Crippen molar-refractivity contribution < 1.29 is 0 Å². The van der Waals surface area contributed by atoms with Crippen molar-refractivity contribution in [2.75, 3.05) is 0 Å². The van der Waals surface area contributed by atoms with Gasteiger partial charge in [0.05, 0.1) is 6.20 Å². The molecule has 0 radical (unpaired) electrons. The molecule has 2 aromatic heterocycles. The van der Waals surface area contributed by atoms with Gasteiger partial charge in [0.25, 0.3) is 0 Å². The summed E-state index contributed by atoms with van der Waals surface area (Å²) in [6.45, 7) is 8.81. The van der Waals surface area contributed by atoms with Crippen molar-refractivity contribution in [2.24, 2.45) is 5.41 Å². The predicted octanol–water partition coefficient (Wildman–Crippen LogP) is 3.14. The number of aromatic nitrogens is 4. The van der Waals surface area contributed by atoms with Gasteiger partial charge < -0.3 is 0 Å². The Morgan fingerprint density at radius 2 is 1.94 bits per heavy atom. The van der Waals surface area contributed by atoms with Crippen LogP contribution in [0.5, 0.6) is 0 Å². The quantitative estimate of drug-likeness (QED) is 0.819. The Bertz CT molecular complexity index is 487. The fraction of sp³-hybridized carbons (Fsp3) is 0.500. The molecule has 0 fully saturated rings. The molecular weight excluding hydrogens is 232 g/mol. The van der Waals surface area contributed by atoms with Crippen LogP contribution in [0.4, 0.5) is 0 Å². The average molecular weight is 248 g/mol. The first-order valence-corrected chi connectivity index (χ1v) is 6.40. The maximum Gasteiger partial charge on any atom is 0.167 e. The third-order valence-electron chi connectivity index (χ3n) is 2.89. The fourth-order valence-electron chi connectivity index (χ4n) is 1.29. The van der Waals surface area contributed by atoms with Crippen LogP contribution in [0.1, 0.15) is 38.6 Å². The zero-order valence-corrected chi connectivity index (χ0v) is 11.3. The van der Waals surface area contributed by atoms with Crippen LogP contribution in [0.25, 0.3) is 10.7 Å². The molecule has 2 heterocycles. The summed E-state index contributed by atoms with van der Waals surface area (Å²) in [4.78, 5) is 8.27. The summed E-state index contributed by atoms with van der Waals surface area (Å²) in [5.41, 5.74) is 0.983. The second-order valence-corrected chi connectivity index (χ2v) is 6.13. The molecule has 90 valence electrons. The Morgan fingerprint density at radius 3 is 2.53 bits per heavy atom. The van der Waals surface area contributed by atoms with Gasteiger partial charge >= 0.3 is 0 Å². The first-order valence-electron chi connectivity index (χ1n) is 5.58. The van der Waals surface area contributed by atoms with Crippen molar-refractivity contribution in [1.29, 1.82) is 0 Å². The van der Waals surface area contributed by atoms with Crippen LogP contribution < -0.4 is 0 Å². The lowest BCUT2D eigenvalue weighted by atomic mass is 9.83. The third kappa shape index (κ3) is 2.66. The predicted molar refractivity (Wildman–Crippen MR) is 68.8 cm³/mol. The maximum absolute atomic E-state index is 4.26. The Labute approximate surface area is 105 Å². The van der Waals surface area contributed by atoms with Gasteiger partial charge in [-0.2, -0.15) is 0 Å². The molecule has 0 saturated heterocycles. The highest BCUT2D eigenvalue weighted by atomic mass is 32.1. The molecule has 2 aromatic rings. The first kappa shape index (κ1) is 12.1. The summed E-state index contributed by atoms with van der Waals surface area (Å²) >= 11 is 1.60. The van der Waals surface area contributed by atoms with Crippen LogP contribution in [-0.2, 0) is 0 Å². The van der Waals surface area contributed by atoms with Crippen molar-refractivity contribution in [1.82, 2.24) is 20.2 Å². The van der Waals surface area contributed by atoms with Gasteiger partial charge in [0.15, 0.2) is 5.01 Å². The minimum atomic E-state index is 0.194. The van der Waals surface area contributed by atoms with Gasteiger partial charge in [0.2, 0.25) is 0 Å². The summed E-state index contributed by atoms with van der Waals surface area (Å²) < 4.78 is 0. The molecule has 0 aromatic carbocycles. The van der Waals surface area contributed by atoms with E-state index in [1.54, 1.807) is 29.9 Å². The van der Waals surface area contributed by atoms with E-state index in [0.717, 1.165) is 15.7 Å². The first-order chi connectivity index (χ1) is 7.98. The van der Waals surface area contributed by atoms with E-state index in [2.05, 4.69) is 47.9 Å². The number of nitrogens with zero attached hydrogens (tertiary/aromatic N) is 4. The van der Waals surface area contributed by atoms with Crippen molar-refractivity contribution in [3.8, 4) is 10.7 Å². The lowest BCUT2D eigenvalue weighted by Crippen LogP contribution is -2.14. The minimum Gasteiger partial charge on any atom is -0.261 e. The lowest BCUT2D eigenvalue weighted by molar-refractivity contribution is 0.337. The molecule has 0 aliphatic carbocycles. The molecule has 0 aliphatic heterocycles. The van der Waals surface area contributed by atoms with Gasteiger partial charge in [0.1, 0.15) is 10.7 Å². The molecule has 0 amide bonds. The molecule has 0 N–H and O–H groups in total. The van der Waals surface area contributed by atoms with Crippen LogP contribution in [-0.4, -0.2) is 20.2 Å². The highest BCUT2D eigenvalue weighted by molar-refractivity contribution is 7.14. The van der Waals surface area contributed by atoms with E-state index < -0.39 is 0 Å². The molecule has 0 aliphatic rings. The highest BCUT2D eigenvalue weighted by Crippen LogP contribution is 2.37. The van der Waals surface area contributed by atoms with E-state index in [9.17, 15) is 0 Å². The Kier molecular flexibility index (Phi) is 3.19. The van der Waals surface area contributed by atoms with Crippen LogP contribution in [0.2, 0.25) is 0 Å². The van der Waals surface area contributed by atoms with Crippen molar-refractivity contribution in [3.05, 3.63) is 23.6 Å².